The van der Waals surface area contributed by atoms with Crippen molar-refractivity contribution in [1.82, 2.24) is 20.9 Å². The van der Waals surface area contributed by atoms with Crippen LogP contribution in [0.15, 0.2) is 53.7 Å². The Labute approximate surface area is 183 Å². The summed E-state index contributed by atoms with van der Waals surface area (Å²) < 4.78 is 0. The number of anilines is 1. The number of carbonyl (C=O) groups is 1. The van der Waals surface area contributed by atoms with Crippen LogP contribution in [0.5, 0.6) is 0 Å². The summed E-state index contributed by atoms with van der Waals surface area (Å²) in [5.41, 5.74) is 2.76. The highest BCUT2D eigenvalue weighted by atomic mass is 127. The van der Waals surface area contributed by atoms with E-state index >= 15 is 0 Å². The number of benzene rings is 1. The number of guanidine groups is 1. The Balaban J connectivity index is 0.00000392. The molecule has 4 N–H and O–H groups in total. The van der Waals surface area contributed by atoms with Gasteiger partial charge in [0.1, 0.15) is 0 Å². The number of nitrogens with zero attached hydrogens (tertiary/aromatic N) is 2. The molecule has 0 spiro atoms. The van der Waals surface area contributed by atoms with Crippen LogP contribution in [0.4, 0.5) is 10.5 Å². The molecule has 8 heteroatoms. The Kier molecular flexibility index (Phi) is 10.9. The molecule has 0 atom stereocenters. The summed E-state index contributed by atoms with van der Waals surface area (Å²) in [7, 11) is 0. The predicted octanol–water partition coefficient (Wildman–Crippen LogP) is 3.48. The number of halogens is 1. The molecule has 0 unspecified atom stereocenters. The molecular formula is C20H29IN6O. The fourth-order valence-electron chi connectivity index (χ4n) is 2.31. The van der Waals surface area contributed by atoms with Crippen molar-refractivity contribution < 1.29 is 4.79 Å². The molecule has 1 heterocycles. The van der Waals surface area contributed by atoms with E-state index in [1.54, 1.807) is 6.20 Å². The summed E-state index contributed by atoms with van der Waals surface area (Å²) >= 11 is 0. The van der Waals surface area contributed by atoms with E-state index in [2.05, 4.69) is 31.2 Å². The minimum Gasteiger partial charge on any atom is -0.357 e. The van der Waals surface area contributed by atoms with Gasteiger partial charge < -0.3 is 21.3 Å². The van der Waals surface area contributed by atoms with Crippen LogP contribution in [0.2, 0.25) is 0 Å². The van der Waals surface area contributed by atoms with Gasteiger partial charge in [0, 0.05) is 24.5 Å². The van der Waals surface area contributed by atoms with Crippen LogP contribution >= 0.6 is 24.0 Å². The maximum Gasteiger partial charge on any atom is 0.319 e. The van der Waals surface area contributed by atoms with Crippen molar-refractivity contribution in [2.45, 2.75) is 39.9 Å². The van der Waals surface area contributed by atoms with Crippen LogP contribution in [-0.4, -0.2) is 29.6 Å². The van der Waals surface area contributed by atoms with Gasteiger partial charge >= 0.3 is 6.03 Å². The van der Waals surface area contributed by atoms with E-state index in [9.17, 15) is 4.79 Å². The average Bonchev–Trinajstić information content (AvgIpc) is 2.65. The van der Waals surface area contributed by atoms with Crippen LogP contribution in [0.1, 0.15) is 32.0 Å². The van der Waals surface area contributed by atoms with Gasteiger partial charge in [-0.1, -0.05) is 18.2 Å². The van der Waals surface area contributed by atoms with Crippen molar-refractivity contribution in [2.75, 3.05) is 11.9 Å². The number of urea groups is 1. The van der Waals surface area contributed by atoms with Crippen molar-refractivity contribution in [1.29, 1.82) is 0 Å². The summed E-state index contributed by atoms with van der Waals surface area (Å²) in [5, 5.41) is 12.1. The molecule has 1 aromatic carbocycles. The highest BCUT2D eigenvalue weighted by Gasteiger charge is 2.03. The molecule has 2 rings (SSSR count). The largest absolute Gasteiger partial charge is 0.357 e. The Bertz CT molecular complexity index is 734. The SMILES string of the molecule is CCNC(=NCc1ccc(NC(=O)NC(C)C)cc1)NCc1ccccn1.I. The molecule has 28 heavy (non-hydrogen) atoms. The first-order valence-electron chi connectivity index (χ1n) is 9.15. The Morgan fingerprint density at radius 2 is 1.86 bits per heavy atom. The third-order valence-corrected chi connectivity index (χ3v) is 3.56. The molecule has 152 valence electrons. The van der Waals surface area contributed by atoms with Crippen LogP contribution in [0.25, 0.3) is 0 Å². The van der Waals surface area contributed by atoms with Gasteiger partial charge in [-0.25, -0.2) is 9.79 Å². The quantitative estimate of drug-likeness (QED) is 0.269. The molecule has 0 saturated carbocycles. The first kappa shape index (κ1) is 23.7. The van der Waals surface area contributed by atoms with Crippen molar-refractivity contribution in [3.8, 4) is 0 Å². The molecular weight excluding hydrogens is 467 g/mol. The first-order chi connectivity index (χ1) is 13.1. The minimum absolute atomic E-state index is 0. The highest BCUT2D eigenvalue weighted by Crippen LogP contribution is 2.10. The maximum atomic E-state index is 11.7. The minimum atomic E-state index is -0.205. The Morgan fingerprint density at radius 1 is 1.11 bits per heavy atom. The molecule has 2 aromatic rings. The lowest BCUT2D eigenvalue weighted by Crippen LogP contribution is -2.37. The van der Waals surface area contributed by atoms with Gasteiger partial charge in [0.2, 0.25) is 0 Å². The molecule has 1 aromatic heterocycles. The van der Waals surface area contributed by atoms with Gasteiger partial charge in [0.15, 0.2) is 5.96 Å². The fourth-order valence-corrected chi connectivity index (χ4v) is 2.31. The van der Waals surface area contributed by atoms with Gasteiger partial charge in [-0.2, -0.15) is 0 Å². The predicted molar refractivity (Wildman–Crippen MR) is 125 cm³/mol. The Morgan fingerprint density at radius 3 is 2.46 bits per heavy atom. The monoisotopic (exact) mass is 496 g/mol. The van der Waals surface area contributed by atoms with E-state index in [0.29, 0.717) is 13.1 Å². The summed E-state index contributed by atoms with van der Waals surface area (Å²) in [5.74, 6) is 0.738. The zero-order valence-corrected chi connectivity index (χ0v) is 18.9. The van der Waals surface area contributed by atoms with Crippen molar-refractivity contribution >= 4 is 41.7 Å². The summed E-state index contributed by atoms with van der Waals surface area (Å²) in [6.45, 7) is 7.80. The van der Waals surface area contributed by atoms with Gasteiger partial charge in [-0.3, -0.25) is 4.98 Å². The summed E-state index contributed by atoms with van der Waals surface area (Å²) in [6.07, 6.45) is 1.78. The molecule has 7 nitrogen and oxygen atoms in total. The smallest absolute Gasteiger partial charge is 0.319 e. The van der Waals surface area contributed by atoms with Crippen LogP contribution in [0.3, 0.4) is 0 Å². The maximum absolute atomic E-state index is 11.7. The summed E-state index contributed by atoms with van der Waals surface area (Å²) in [6, 6.07) is 13.4. The molecule has 0 fully saturated rings. The summed E-state index contributed by atoms with van der Waals surface area (Å²) in [4.78, 5) is 20.6. The van der Waals surface area contributed by atoms with E-state index in [1.165, 1.54) is 0 Å². The molecule has 0 aliphatic carbocycles. The normalized spacial score (nSPS) is 10.8. The number of amides is 2. The van der Waals surface area contributed by atoms with E-state index in [1.807, 2.05) is 63.2 Å². The van der Waals surface area contributed by atoms with E-state index in [0.717, 1.165) is 29.4 Å². The van der Waals surface area contributed by atoms with Gasteiger partial charge in [-0.05, 0) is 50.6 Å². The van der Waals surface area contributed by atoms with Gasteiger partial charge in [-0.15, -0.1) is 24.0 Å². The Hall–Kier alpha value is -2.36. The third kappa shape index (κ3) is 9.03. The van der Waals surface area contributed by atoms with E-state index in [-0.39, 0.29) is 36.0 Å². The topological polar surface area (TPSA) is 90.4 Å². The lowest BCUT2D eigenvalue weighted by molar-refractivity contribution is 0.250. The van der Waals surface area contributed by atoms with Crippen LogP contribution < -0.4 is 21.3 Å². The zero-order chi connectivity index (χ0) is 19.5. The molecule has 2 amide bonds. The second-order valence-electron chi connectivity index (χ2n) is 6.32. The lowest BCUT2D eigenvalue weighted by atomic mass is 10.2. The number of aliphatic imine (C=N–C) groups is 1. The molecule has 0 saturated heterocycles. The van der Waals surface area contributed by atoms with Gasteiger partial charge in [0.05, 0.1) is 18.8 Å². The number of rotatable bonds is 7. The second-order valence-corrected chi connectivity index (χ2v) is 6.32. The molecule has 0 aliphatic heterocycles. The number of hydrogen-bond donors (Lipinski definition) is 4. The number of aromatic nitrogens is 1. The fraction of sp³-hybridized carbons (Fsp3) is 0.350. The molecule has 0 bridgehead atoms. The number of hydrogen-bond acceptors (Lipinski definition) is 3. The van der Waals surface area contributed by atoms with Crippen molar-refractivity contribution in [3.05, 3.63) is 59.9 Å². The number of nitrogens with one attached hydrogen (secondary N) is 4. The van der Waals surface area contributed by atoms with E-state index in [4.69, 9.17) is 0 Å². The van der Waals surface area contributed by atoms with Gasteiger partial charge in [0.25, 0.3) is 0 Å². The number of pyridine rings is 1. The highest BCUT2D eigenvalue weighted by molar-refractivity contribution is 14.0. The molecule has 0 aliphatic rings. The number of carbonyl (C=O) groups excluding carboxylic acids is 1. The first-order valence-corrected chi connectivity index (χ1v) is 9.15. The van der Waals surface area contributed by atoms with Crippen LogP contribution in [-0.2, 0) is 13.1 Å². The van der Waals surface area contributed by atoms with Crippen molar-refractivity contribution in [3.63, 3.8) is 0 Å². The standard InChI is InChI=1S/C20H28N6O.HI/c1-4-21-19(24-14-18-7-5-6-12-22-18)23-13-16-8-10-17(11-9-16)26-20(27)25-15(2)3;/h5-12,15H,4,13-14H2,1-3H3,(H2,21,23,24)(H2,25,26,27);1H. The van der Waals surface area contributed by atoms with Crippen molar-refractivity contribution in [2.24, 2.45) is 4.99 Å². The average molecular weight is 496 g/mol. The third-order valence-electron chi connectivity index (χ3n) is 3.56. The zero-order valence-electron chi connectivity index (χ0n) is 16.5. The van der Waals surface area contributed by atoms with Crippen LogP contribution in [0, 0.1) is 0 Å². The second kappa shape index (κ2) is 12.9. The van der Waals surface area contributed by atoms with E-state index < -0.39 is 0 Å². The lowest BCUT2D eigenvalue weighted by Gasteiger charge is -2.11. The molecule has 0 radical (unpaired) electrons.